The summed E-state index contributed by atoms with van der Waals surface area (Å²) in [6, 6.07) is 0.820. The molecule has 0 radical (unpaired) electrons. The van der Waals surface area contributed by atoms with Crippen LogP contribution in [0.4, 0.5) is 0 Å². The first kappa shape index (κ1) is 12.8. The van der Waals surface area contributed by atoms with Crippen LogP contribution in [0, 0.1) is 0 Å². The van der Waals surface area contributed by atoms with Crippen molar-refractivity contribution in [3.05, 3.63) is 0 Å². The number of hydrogen-bond donors (Lipinski definition) is 2. The van der Waals surface area contributed by atoms with E-state index in [2.05, 4.69) is 17.1 Å². The van der Waals surface area contributed by atoms with Crippen LogP contribution >= 0.6 is 0 Å². The third kappa shape index (κ3) is 2.80. The molecule has 1 amide bonds. The Balaban J connectivity index is 2.09. The summed E-state index contributed by atoms with van der Waals surface area (Å²) in [4.78, 5) is 14.3. The summed E-state index contributed by atoms with van der Waals surface area (Å²) in [5.41, 5.74) is 0. The molecule has 0 spiro atoms. The van der Waals surface area contributed by atoms with Crippen LogP contribution in [0.15, 0.2) is 0 Å². The molecule has 0 aromatic carbocycles. The molecule has 1 aliphatic carbocycles. The molecule has 2 unspecified atom stereocenters. The summed E-state index contributed by atoms with van der Waals surface area (Å²) >= 11 is 0. The smallest absolute Gasteiger partial charge is 0.237 e. The standard InChI is InChI=1S/C13H24N2O2/c1-10-9-14-13(17)12(7-8-16)15(10)11-5-3-2-4-6-11/h10-12,16H,2-9H2,1H3,(H,14,17). The van der Waals surface area contributed by atoms with Crippen molar-refractivity contribution in [1.29, 1.82) is 0 Å². The molecule has 1 saturated heterocycles. The van der Waals surface area contributed by atoms with Crippen molar-refractivity contribution in [2.45, 2.75) is 63.6 Å². The first-order valence-electron chi connectivity index (χ1n) is 6.90. The van der Waals surface area contributed by atoms with E-state index in [0.717, 1.165) is 6.54 Å². The molecular formula is C13H24N2O2. The molecule has 2 atom stereocenters. The number of carbonyl (C=O) groups is 1. The van der Waals surface area contributed by atoms with Gasteiger partial charge in [0.25, 0.3) is 0 Å². The molecule has 1 saturated carbocycles. The van der Waals surface area contributed by atoms with Gasteiger partial charge in [0.1, 0.15) is 0 Å². The lowest BCUT2D eigenvalue weighted by atomic mass is 9.90. The first-order valence-corrected chi connectivity index (χ1v) is 6.90. The van der Waals surface area contributed by atoms with Crippen molar-refractivity contribution in [3.8, 4) is 0 Å². The van der Waals surface area contributed by atoms with E-state index in [1.807, 2.05) is 0 Å². The minimum absolute atomic E-state index is 0.0913. The van der Waals surface area contributed by atoms with Crippen LogP contribution in [0.3, 0.4) is 0 Å². The Bertz CT molecular complexity index is 264. The number of rotatable bonds is 3. The zero-order valence-electron chi connectivity index (χ0n) is 10.7. The van der Waals surface area contributed by atoms with E-state index in [1.165, 1.54) is 32.1 Å². The fourth-order valence-corrected chi connectivity index (χ4v) is 3.31. The number of nitrogens with zero attached hydrogens (tertiary/aromatic N) is 1. The molecule has 0 aromatic rings. The summed E-state index contributed by atoms with van der Waals surface area (Å²) in [6.45, 7) is 3.02. The van der Waals surface area contributed by atoms with Crippen LogP contribution in [0.2, 0.25) is 0 Å². The van der Waals surface area contributed by atoms with Gasteiger partial charge >= 0.3 is 0 Å². The average Bonchev–Trinajstić information content (AvgIpc) is 2.35. The number of hydrogen-bond acceptors (Lipinski definition) is 3. The van der Waals surface area contributed by atoms with Gasteiger partial charge in [0.15, 0.2) is 0 Å². The number of aliphatic hydroxyl groups excluding tert-OH is 1. The molecule has 0 aromatic heterocycles. The Labute approximate surface area is 103 Å². The quantitative estimate of drug-likeness (QED) is 0.770. The number of piperazine rings is 1. The van der Waals surface area contributed by atoms with Crippen molar-refractivity contribution in [3.63, 3.8) is 0 Å². The summed E-state index contributed by atoms with van der Waals surface area (Å²) in [7, 11) is 0. The predicted octanol–water partition coefficient (Wildman–Crippen LogP) is 0.890. The number of aliphatic hydroxyl groups is 1. The van der Waals surface area contributed by atoms with E-state index in [9.17, 15) is 4.79 Å². The maximum atomic E-state index is 11.9. The van der Waals surface area contributed by atoms with E-state index < -0.39 is 0 Å². The first-order chi connectivity index (χ1) is 8.24. The number of carbonyl (C=O) groups excluding carboxylic acids is 1. The van der Waals surface area contributed by atoms with Crippen molar-refractivity contribution >= 4 is 5.91 Å². The van der Waals surface area contributed by atoms with Crippen molar-refractivity contribution < 1.29 is 9.90 Å². The van der Waals surface area contributed by atoms with Crippen molar-refractivity contribution in [1.82, 2.24) is 10.2 Å². The van der Waals surface area contributed by atoms with Gasteiger partial charge < -0.3 is 10.4 Å². The molecule has 98 valence electrons. The minimum atomic E-state index is -0.119. The molecule has 2 fully saturated rings. The Kier molecular flexibility index (Phi) is 4.40. The van der Waals surface area contributed by atoms with Crippen LogP contribution in [0.1, 0.15) is 45.4 Å². The highest BCUT2D eigenvalue weighted by atomic mass is 16.3. The van der Waals surface area contributed by atoms with Crippen LogP contribution in [-0.2, 0) is 4.79 Å². The van der Waals surface area contributed by atoms with Gasteiger partial charge in [-0.3, -0.25) is 9.69 Å². The highest BCUT2D eigenvalue weighted by Gasteiger charge is 2.38. The second kappa shape index (κ2) is 5.83. The molecule has 4 heteroatoms. The minimum Gasteiger partial charge on any atom is -0.396 e. The normalized spacial score (nSPS) is 32.5. The lowest BCUT2D eigenvalue weighted by molar-refractivity contribution is -0.134. The summed E-state index contributed by atoms with van der Waals surface area (Å²) in [6.07, 6.45) is 6.87. The van der Waals surface area contributed by atoms with Gasteiger partial charge in [-0.2, -0.15) is 0 Å². The molecule has 17 heavy (non-hydrogen) atoms. The molecule has 4 nitrogen and oxygen atoms in total. The van der Waals surface area contributed by atoms with Gasteiger partial charge in [0.05, 0.1) is 6.04 Å². The molecule has 0 bridgehead atoms. The third-order valence-electron chi connectivity index (χ3n) is 4.14. The summed E-state index contributed by atoms with van der Waals surface area (Å²) < 4.78 is 0. The van der Waals surface area contributed by atoms with Gasteiger partial charge in [0, 0.05) is 25.2 Å². The summed E-state index contributed by atoms with van der Waals surface area (Å²) in [5, 5.41) is 12.1. The number of nitrogens with one attached hydrogen (secondary N) is 1. The second-order valence-electron chi connectivity index (χ2n) is 5.36. The van der Waals surface area contributed by atoms with Crippen molar-refractivity contribution in [2.24, 2.45) is 0 Å². The molecule has 2 aliphatic rings. The lowest BCUT2D eigenvalue weighted by Gasteiger charge is -2.46. The SMILES string of the molecule is CC1CNC(=O)C(CCO)N1C1CCCCC1. The van der Waals surface area contributed by atoms with Gasteiger partial charge in [-0.1, -0.05) is 19.3 Å². The topological polar surface area (TPSA) is 52.6 Å². The Morgan fingerprint density at radius 2 is 2.06 bits per heavy atom. The van der Waals surface area contributed by atoms with Gasteiger partial charge in [-0.15, -0.1) is 0 Å². The number of amides is 1. The van der Waals surface area contributed by atoms with E-state index >= 15 is 0 Å². The fourth-order valence-electron chi connectivity index (χ4n) is 3.31. The molecule has 1 aliphatic heterocycles. The molecule has 2 rings (SSSR count). The monoisotopic (exact) mass is 240 g/mol. The van der Waals surface area contributed by atoms with Crippen LogP contribution < -0.4 is 5.32 Å². The zero-order valence-corrected chi connectivity index (χ0v) is 10.7. The van der Waals surface area contributed by atoms with Crippen LogP contribution in [0.25, 0.3) is 0 Å². The highest BCUT2D eigenvalue weighted by Crippen LogP contribution is 2.28. The van der Waals surface area contributed by atoms with Crippen LogP contribution in [-0.4, -0.2) is 47.2 Å². The van der Waals surface area contributed by atoms with Gasteiger partial charge in [-0.05, 0) is 26.2 Å². The molecule has 2 N–H and O–H groups in total. The maximum Gasteiger partial charge on any atom is 0.237 e. The van der Waals surface area contributed by atoms with Gasteiger partial charge in [0.2, 0.25) is 5.91 Å². The van der Waals surface area contributed by atoms with Crippen molar-refractivity contribution in [2.75, 3.05) is 13.2 Å². The Hall–Kier alpha value is -0.610. The maximum absolute atomic E-state index is 11.9. The van der Waals surface area contributed by atoms with E-state index in [-0.39, 0.29) is 18.6 Å². The third-order valence-corrected chi connectivity index (χ3v) is 4.14. The Morgan fingerprint density at radius 1 is 1.35 bits per heavy atom. The largest absolute Gasteiger partial charge is 0.396 e. The lowest BCUT2D eigenvalue weighted by Crippen LogP contribution is -2.63. The average molecular weight is 240 g/mol. The second-order valence-corrected chi connectivity index (χ2v) is 5.36. The molecule has 1 heterocycles. The van der Waals surface area contributed by atoms with E-state index in [1.54, 1.807) is 0 Å². The highest BCUT2D eigenvalue weighted by molar-refractivity contribution is 5.82. The van der Waals surface area contributed by atoms with E-state index in [4.69, 9.17) is 5.11 Å². The predicted molar refractivity (Wildman–Crippen MR) is 66.7 cm³/mol. The fraction of sp³-hybridized carbons (Fsp3) is 0.923. The van der Waals surface area contributed by atoms with E-state index in [0.29, 0.717) is 18.5 Å². The molecular weight excluding hydrogens is 216 g/mol. The van der Waals surface area contributed by atoms with Crippen LogP contribution in [0.5, 0.6) is 0 Å². The van der Waals surface area contributed by atoms with Gasteiger partial charge in [-0.25, -0.2) is 0 Å². The summed E-state index contributed by atoms with van der Waals surface area (Å²) in [5.74, 6) is 0.0997. The Morgan fingerprint density at radius 3 is 2.71 bits per heavy atom. The zero-order chi connectivity index (χ0) is 12.3.